The molecule has 7 heteroatoms. The molecule has 0 bridgehead atoms. The van der Waals surface area contributed by atoms with Gasteiger partial charge in [-0.2, -0.15) is 0 Å². The van der Waals surface area contributed by atoms with Crippen molar-refractivity contribution in [3.63, 3.8) is 0 Å². The summed E-state index contributed by atoms with van der Waals surface area (Å²) in [6.07, 6.45) is 1.88. The van der Waals surface area contributed by atoms with Crippen molar-refractivity contribution in [1.29, 1.82) is 0 Å². The molecule has 1 aromatic heterocycles. The lowest BCUT2D eigenvalue weighted by atomic mass is 10.1. The third kappa shape index (κ3) is 3.82. The predicted octanol–water partition coefficient (Wildman–Crippen LogP) is 3.11. The normalized spacial score (nSPS) is 14.2. The molecular formula is C18H21N3O3S. The van der Waals surface area contributed by atoms with Crippen LogP contribution in [0.3, 0.4) is 0 Å². The molecule has 3 rings (SSSR count). The van der Waals surface area contributed by atoms with E-state index in [0.717, 1.165) is 19.4 Å². The van der Waals surface area contributed by atoms with E-state index in [2.05, 4.69) is 17.1 Å². The number of esters is 1. The molecule has 1 aliphatic heterocycles. The van der Waals surface area contributed by atoms with E-state index in [0.29, 0.717) is 28.8 Å². The Bertz CT molecular complexity index is 760. The lowest BCUT2D eigenvalue weighted by Gasteiger charge is -2.16. The zero-order valence-electron chi connectivity index (χ0n) is 14.4. The highest BCUT2D eigenvalue weighted by atomic mass is 32.1. The van der Waals surface area contributed by atoms with E-state index < -0.39 is 5.97 Å². The minimum atomic E-state index is -0.410. The van der Waals surface area contributed by atoms with Crippen LogP contribution in [0.1, 0.15) is 27.3 Å². The minimum Gasteiger partial charge on any atom is -0.465 e. The molecule has 1 saturated heterocycles. The van der Waals surface area contributed by atoms with Gasteiger partial charge in [0.25, 0.3) is 0 Å². The average Bonchev–Trinajstić information content (AvgIpc) is 3.18. The summed E-state index contributed by atoms with van der Waals surface area (Å²) in [5.41, 5.74) is 1.88. The molecule has 0 unspecified atom stereocenters. The molecule has 1 aliphatic rings. The van der Waals surface area contributed by atoms with E-state index in [4.69, 9.17) is 4.74 Å². The van der Waals surface area contributed by atoms with Crippen LogP contribution in [0.25, 0.3) is 0 Å². The van der Waals surface area contributed by atoms with Crippen LogP contribution in [0.15, 0.2) is 30.3 Å². The molecule has 2 amide bonds. The molecule has 0 N–H and O–H groups in total. The van der Waals surface area contributed by atoms with E-state index >= 15 is 0 Å². The predicted molar refractivity (Wildman–Crippen MR) is 97.3 cm³/mol. The van der Waals surface area contributed by atoms with Crippen LogP contribution in [-0.4, -0.2) is 48.6 Å². The highest BCUT2D eigenvalue weighted by Crippen LogP contribution is 2.29. The number of anilines is 1. The number of urea groups is 1. The topological polar surface area (TPSA) is 62.7 Å². The van der Waals surface area contributed by atoms with E-state index in [1.807, 2.05) is 23.1 Å². The van der Waals surface area contributed by atoms with Gasteiger partial charge in [0, 0.05) is 19.6 Å². The van der Waals surface area contributed by atoms with Crippen molar-refractivity contribution >= 4 is 28.5 Å². The van der Waals surface area contributed by atoms with E-state index in [-0.39, 0.29) is 6.03 Å². The maximum Gasteiger partial charge on any atom is 0.350 e. The number of carbonyl (C=O) groups excluding carboxylic acids is 2. The fourth-order valence-corrected chi connectivity index (χ4v) is 3.87. The molecule has 0 radical (unpaired) electrons. The van der Waals surface area contributed by atoms with Crippen molar-refractivity contribution in [1.82, 2.24) is 9.88 Å². The summed E-state index contributed by atoms with van der Waals surface area (Å²) in [6, 6.07) is 10.2. The Morgan fingerprint density at radius 1 is 1.28 bits per heavy atom. The van der Waals surface area contributed by atoms with Gasteiger partial charge in [-0.3, -0.25) is 4.90 Å². The molecule has 1 aromatic carbocycles. The average molecular weight is 359 g/mol. The smallest absolute Gasteiger partial charge is 0.350 e. The number of aryl methyl sites for hydroxylation is 2. The van der Waals surface area contributed by atoms with Gasteiger partial charge in [-0.15, -0.1) is 0 Å². The zero-order valence-corrected chi connectivity index (χ0v) is 15.2. The first kappa shape index (κ1) is 17.4. The quantitative estimate of drug-likeness (QED) is 0.744. The van der Waals surface area contributed by atoms with Gasteiger partial charge in [0.15, 0.2) is 5.13 Å². The summed E-state index contributed by atoms with van der Waals surface area (Å²) in [5.74, 6) is -0.410. The van der Waals surface area contributed by atoms with Crippen LogP contribution in [0.5, 0.6) is 0 Å². The Kier molecular flexibility index (Phi) is 5.33. The van der Waals surface area contributed by atoms with Gasteiger partial charge >= 0.3 is 12.0 Å². The largest absolute Gasteiger partial charge is 0.465 e. The van der Waals surface area contributed by atoms with E-state index in [1.54, 1.807) is 11.8 Å². The molecule has 2 aromatic rings. The lowest BCUT2D eigenvalue weighted by Crippen LogP contribution is -2.32. The number of rotatable bonds is 6. The highest BCUT2D eigenvalue weighted by molar-refractivity contribution is 7.17. The monoisotopic (exact) mass is 359 g/mol. The van der Waals surface area contributed by atoms with Crippen LogP contribution < -0.4 is 4.90 Å². The number of nitrogens with zero attached hydrogens (tertiary/aromatic N) is 3. The van der Waals surface area contributed by atoms with E-state index in [9.17, 15) is 9.59 Å². The number of thiazole rings is 1. The Balaban J connectivity index is 1.59. The first-order valence-electron chi connectivity index (χ1n) is 8.26. The van der Waals surface area contributed by atoms with Gasteiger partial charge in [-0.25, -0.2) is 14.6 Å². The Labute approximate surface area is 151 Å². The van der Waals surface area contributed by atoms with Crippen molar-refractivity contribution in [3.05, 3.63) is 46.5 Å². The molecule has 0 aliphatic carbocycles. The standard InChI is InChI=1S/C18H21N3O3S/c1-13-15(16(22)24-2)25-17(19-13)21-12-11-20(18(21)23)10-6-9-14-7-4-3-5-8-14/h3-5,7-8H,6,9-12H2,1-2H3. The van der Waals surface area contributed by atoms with Gasteiger partial charge in [0.05, 0.1) is 12.8 Å². The summed E-state index contributed by atoms with van der Waals surface area (Å²) >= 11 is 1.21. The second-order valence-electron chi connectivity index (χ2n) is 5.91. The van der Waals surface area contributed by atoms with Crippen LogP contribution in [0.2, 0.25) is 0 Å². The van der Waals surface area contributed by atoms with Crippen LogP contribution in [-0.2, 0) is 11.2 Å². The zero-order chi connectivity index (χ0) is 17.8. The summed E-state index contributed by atoms with van der Waals surface area (Å²) < 4.78 is 4.75. The molecule has 6 nitrogen and oxygen atoms in total. The molecule has 25 heavy (non-hydrogen) atoms. The summed E-state index contributed by atoms with van der Waals surface area (Å²) in [4.78, 5) is 32.6. The van der Waals surface area contributed by atoms with Crippen LogP contribution >= 0.6 is 11.3 Å². The summed E-state index contributed by atoms with van der Waals surface area (Å²) in [5, 5.41) is 0.563. The second kappa shape index (κ2) is 7.65. The maximum atomic E-state index is 12.6. The molecule has 0 spiro atoms. The Morgan fingerprint density at radius 2 is 2.04 bits per heavy atom. The van der Waals surface area contributed by atoms with Gasteiger partial charge in [0.2, 0.25) is 0 Å². The number of carbonyl (C=O) groups is 2. The van der Waals surface area contributed by atoms with Gasteiger partial charge in [-0.05, 0) is 25.3 Å². The lowest BCUT2D eigenvalue weighted by molar-refractivity contribution is 0.0605. The summed E-state index contributed by atoms with van der Waals surface area (Å²) in [7, 11) is 1.34. The third-order valence-electron chi connectivity index (χ3n) is 4.22. The molecule has 0 atom stereocenters. The Morgan fingerprint density at radius 3 is 2.76 bits per heavy atom. The van der Waals surface area contributed by atoms with Crippen molar-refractivity contribution in [2.24, 2.45) is 0 Å². The summed E-state index contributed by atoms with van der Waals surface area (Å²) in [6.45, 7) is 3.75. The maximum absolute atomic E-state index is 12.6. The van der Waals surface area contributed by atoms with Crippen molar-refractivity contribution in [3.8, 4) is 0 Å². The highest BCUT2D eigenvalue weighted by Gasteiger charge is 2.32. The third-order valence-corrected chi connectivity index (χ3v) is 5.38. The first-order valence-corrected chi connectivity index (χ1v) is 9.08. The molecule has 132 valence electrons. The molecule has 1 fully saturated rings. The molecular weight excluding hydrogens is 338 g/mol. The van der Waals surface area contributed by atoms with E-state index in [1.165, 1.54) is 24.0 Å². The Hall–Kier alpha value is -2.41. The van der Waals surface area contributed by atoms with Crippen molar-refractivity contribution < 1.29 is 14.3 Å². The fraction of sp³-hybridized carbons (Fsp3) is 0.389. The molecule has 2 heterocycles. The van der Waals surface area contributed by atoms with Gasteiger partial charge in [0.1, 0.15) is 4.88 Å². The number of methoxy groups -OCH3 is 1. The van der Waals surface area contributed by atoms with Crippen LogP contribution in [0, 0.1) is 6.92 Å². The number of hydrogen-bond donors (Lipinski definition) is 0. The number of hydrogen-bond acceptors (Lipinski definition) is 5. The number of benzene rings is 1. The number of amides is 2. The fourth-order valence-electron chi connectivity index (χ4n) is 2.87. The minimum absolute atomic E-state index is 0.0433. The molecule has 0 saturated carbocycles. The number of ether oxygens (including phenoxy) is 1. The number of aromatic nitrogens is 1. The van der Waals surface area contributed by atoms with Crippen LogP contribution in [0.4, 0.5) is 9.93 Å². The first-order chi connectivity index (χ1) is 12.1. The van der Waals surface area contributed by atoms with Crippen molar-refractivity contribution in [2.75, 3.05) is 31.6 Å². The van der Waals surface area contributed by atoms with Gasteiger partial charge < -0.3 is 9.64 Å². The SMILES string of the molecule is COC(=O)c1sc(N2CCN(CCCc3ccccc3)C2=O)nc1C. The second-order valence-corrected chi connectivity index (χ2v) is 6.89. The van der Waals surface area contributed by atoms with Crippen molar-refractivity contribution in [2.45, 2.75) is 19.8 Å². The van der Waals surface area contributed by atoms with Gasteiger partial charge in [-0.1, -0.05) is 41.7 Å².